The molecule has 53 heavy (non-hydrogen) atoms. The van der Waals surface area contributed by atoms with Gasteiger partial charge in [-0.3, -0.25) is 19.2 Å². The van der Waals surface area contributed by atoms with Crippen molar-refractivity contribution in [3.63, 3.8) is 0 Å². The van der Waals surface area contributed by atoms with E-state index in [9.17, 15) is 14.7 Å². The van der Waals surface area contributed by atoms with Crippen LogP contribution in [0, 0.1) is 25.7 Å². The van der Waals surface area contributed by atoms with Crippen molar-refractivity contribution < 1.29 is 38.5 Å². The molecule has 2 fully saturated rings. The predicted molar refractivity (Wildman–Crippen MR) is 196 cm³/mol. The quantitative estimate of drug-likeness (QED) is 0.273. The standard InChI is InChI=1S/C42H45N3O8/c1-26-14-12-15-27(2)36(26)44-23-13-22-42-35(39(48)45(38(42)40(44)49)31(24-46)28-16-6-4-7-17-28)34-32(53-42)20-10-11-21-33(47)43-30(25-51-3)37(52-41(34)50)29-18-8-5-9-19-29/h4-10,12-20,22,30-32,34-35,37-38,46H,11,21,23-25H2,1-3H3,(H,43,47)/b20-10-/t30-,31+,32-,34+,35+,37-,38-,42+/m0/s1. The third-order valence-corrected chi connectivity index (χ3v) is 10.9. The van der Waals surface area contributed by atoms with Gasteiger partial charge in [0.15, 0.2) is 0 Å². The maximum Gasteiger partial charge on any atom is 0.313 e. The number of likely N-dealkylation sites (tertiary alicyclic amines) is 1. The summed E-state index contributed by atoms with van der Waals surface area (Å²) in [5, 5.41) is 13.9. The molecular weight excluding hydrogens is 674 g/mol. The zero-order valence-electron chi connectivity index (χ0n) is 30.1. The van der Waals surface area contributed by atoms with Crippen LogP contribution in [-0.2, 0) is 33.4 Å². The molecule has 0 bridgehead atoms. The van der Waals surface area contributed by atoms with E-state index in [1.165, 1.54) is 12.0 Å². The Kier molecular flexibility index (Phi) is 10.3. The lowest BCUT2D eigenvalue weighted by molar-refractivity contribution is -0.162. The van der Waals surface area contributed by atoms with Gasteiger partial charge in [-0.1, -0.05) is 103 Å². The number of fused-ring (bicyclic) bond motifs is 2. The first-order chi connectivity index (χ1) is 25.7. The molecule has 0 aliphatic carbocycles. The third-order valence-electron chi connectivity index (χ3n) is 10.9. The summed E-state index contributed by atoms with van der Waals surface area (Å²) in [6.07, 6.45) is 5.66. The van der Waals surface area contributed by atoms with Crippen LogP contribution in [-0.4, -0.2) is 84.4 Å². The second-order valence-corrected chi connectivity index (χ2v) is 14.2. The molecule has 0 aromatic heterocycles. The molecule has 4 aliphatic heterocycles. The van der Waals surface area contributed by atoms with Crippen LogP contribution in [0.2, 0.25) is 0 Å². The molecule has 0 unspecified atom stereocenters. The number of rotatable bonds is 7. The largest absolute Gasteiger partial charge is 0.455 e. The Morgan fingerprint density at radius 2 is 1.62 bits per heavy atom. The number of methoxy groups -OCH3 is 1. The molecule has 4 heterocycles. The maximum atomic E-state index is 15.2. The molecule has 2 saturated heterocycles. The number of aliphatic hydroxyl groups is 1. The van der Waals surface area contributed by atoms with Crippen LogP contribution >= 0.6 is 0 Å². The minimum absolute atomic E-state index is 0.0574. The Labute approximate surface area is 309 Å². The molecule has 0 radical (unpaired) electrons. The molecule has 1 spiro atoms. The van der Waals surface area contributed by atoms with Gasteiger partial charge < -0.3 is 34.4 Å². The summed E-state index contributed by atoms with van der Waals surface area (Å²) in [5.74, 6) is -4.18. The number of benzene rings is 3. The molecule has 0 saturated carbocycles. The Hall–Kier alpha value is -5.10. The van der Waals surface area contributed by atoms with E-state index < -0.39 is 66.3 Å². The highest BCUT2D eigenvalue weighted by Crippen LogP contribution is 2.55. The summed E-state index contributed by atoms with van der Waals surface area (Å²) < 4.78 is 18.8. The number of aliphatic hydroxyl groups excluding tert-OH is 1. The van der Waals surface area contributed by atoms with E-state index in [1.54, 1.807) is 35.3 Å². The summed E-state index contributed by atoms with van der Waals surface area (Å²) in [6, 6.07) is 21.1. The number of ether oxygens (including phenoxy) is 3. The van der Waals surface area contributed by atoms with E-state index >= 15 is 9.59 Å². The van der Waals surface area contributed by atoms with Crippen LogP contribution < -0.4 is 10.2 Å². The zero-order valence-corrected chi connectivity index (χ0v) is 30.1. The molecule has 3 aromatic carbocycles. The fourth-order valence-corrected chi connectivity index (χ4v) is 8.63. The van der Waals surface area contributed by atoms with Gasteiger partial charge in [-0.25, -0.2) is 0 Å². The number of para-hydroxylation sites is 1. The molecule has 2 N–H and O–H groups in total. The summed E-state index contributed by atoms with van der Waals surface area (Å²) in [6.45, 7) is 3.66. The number of allylic oxidation sites excluding steroid dienone is 1. The highest BCUT2D eigenvalue weighted by atomic mass is 16.6. The number of nitrogens with one attached hydrogen (secondary N) is 1. The molecule has 276 valence electrons. The molecule has 11 heteroatoms. The Morgan fingerprint density at radius 1 is 0.925 bits per heavy atom. The lowest BCUT2D eigenvalue weighted by atomic mass is 9.77. The van der Waals surface area contributed by atoms with Gasteiger partial charge >= 0.3 is 5.97 Å². The summed E-state index contributed by atoms with van der Waals surface area (Å²) in [4.78, 5) is 61.4. The maximum absolute atomic E-state index is 15.2. The highest BCUT2D eigenvalue weighted by Gasteiger charge is 2.73. The average Bonchev–Trinajstić information content (AvgIpc) is 3.54. The van der Waals surface area contributed by atoms with E-state index in [1.807, 2.05) is 86.7 Å². The number of hydrogen-bond donors (Lipinski definition) is 2. The Balaban J connectivity index is 1.38. The number of hydrogen-bond acceptors (Lipinski definition) is 8. The number of cyclic esters (lactones) is 1. The monoisotopic (exact) mass is 719 g/mol. The van der Waals surface area contributed by atoms with Gasteiger partial charge in [0.2, 0.25) is 11.8 Å². The van der Waals surface area contributed by atoms with Crippen LogP contribution in [0.4, 0.5) is 5.69 Å². The highest BCUT2D eigenvalue weighted by molar-refractivity contribution is 6.06. The van der Waals surface area contributed by atoms with Crippen molar-refractivity contribution in [1.29, 1.82) is 0 Å². The minimum atomic E-state index is -1.59. The first-order valence-electron chi connectivity index (χ1n) is 18.1. The first kappa shape index (κ1) is 36.3. The van der Waals surface area contributed by atoms with Gasteiger partial charge in [-0.15, -0.1) is 0 Å². The zero-order chi connectivity index (χ0) is 37.3. The van der Waals surface area contributed by atoms with Crippen molar-refractivity contribution in [2.45, 2.75) is 62.6 Å². The molecule has 3 amide bonds. The van der Waals surface area contributed by atoms with Crippen molar-refractivity contribution in [3.8, 4) is 0 Å². The molecule has 4 aliphatic rings. The van der Waals surface area contributed by atoms with Gasteiger partial charge in [0.1, 0.15) is 23.7 Å². The van der Waals surface area contributed by atoms with Crippen molar-refractivity contribution >= 4 is 29.4 Å². The normalized spacial score (nSPS) is 29.9. The second kappa shape index (κ2) is 15.1. The van der Waals surface area contributed by atoms with Crippen LogP contribution in [0.1, 0.15) is 47.2 Å². The van der Waals surface area contributed by atoms with E-state index in [0.29, 0.717) is 17.5 Å². The van der Waals surface area contributed by atoms with Gasteiger partial charge in [0.25, 0.3) is 5.91 Å². The summed E-state index contributed by atoms with van der Waals surface area (Å²) in [5.41, 5.74) is 2.18. The first-order valence-corrected chi connectivity index (χ1v) is 18.1. The van der Waals surface area contributed by atoms with Gasteiger partial charge in [-0.05, 0) is 42.5 Å². The number of nitrogens with zero attached hydrogens (tertiary/aromatic N) is 2. The predicted octanol–water partition coefficient (Wildman–Crippen LogP) is 4.29. The van der Waals surface area contributed by atoms with E-state index in [4.69, 9.17) is 14.2 Å². The molecule has 8 atom stereocenters. The van der Waals surface area contributed by atoms with Gasteiger partial charge in [0.05, 0.1) is 37.3 Å². The summed E-state index contributed by atoms with van der Waals surface area (Å²) in [7, 11) is 1.51. The van der Waals surface area contributed by atoms with Crippen LogP contribution in [0.5, 0.6) is 0 Å². The summed E-state index contributed by atoms with van der Waals surface area (Å²) >= 11 is 0. The second-order valence-electron chi connectivity index (χ2n) is 14.2. The third kappa shape index (κ3) is 6.47. The van der Waals surface area contributed by atoms with Gasteiger partial charge in [0, 0.05) is 25.8 Å². The van der Waals surface area contributed by atoms with E-state index in [-0.39, 0.29) is 31.4 Å². The van der Waals surface area contributed by atoms with Crippen LogP contribution in [0.15, 0.2) is 103 Å². The average molecular weight is 720 g/mol. The molecule has 7 rings (SSSR count). The van der Waals surface area contributed by atoms with E-state index in [0.717, 1.165) is 16.8 Å². The number of anilines is 1. The van der Waals surface area contributed by atoms with E-state index in [2.05, 4.69) is 5.32 Å². The smallest absolute Gasteiger partial charge is 0.313 e. The number of carbonyl (C=O) groups excluding carboxylic acids is 4. The lowest BCUT2D eigenvalue weighted by Crippen LogP contribution is -2.56. The van der Waals surface area contributed by atoms with Crippen LogP contribution in [0.25, 0.3) is 0 Å². The molecule has 3 aromatic rings. The number of amides is 3. The Morgan fingerprint density at radius 3 is 2.30 bits per heavy atom. The minimum Gasteiger partial charge on any atom is -0.455 e. The Bertz CT molecular complexity index is 1900. The molecular formula is C42H45N3O8. The van der Waals surface area contributed by atoms with Crippen molar-refractivity contribution in [3.05, 3.63) is 125 Å². The fourth-order valence-electron chi connectivity index (χ4n) is 8.63. The van der Waals surface area contributed by atoms with Crippen molar-refractivity contribution in [2.24, 2.45) is 11.8 Å². The van der Waals surface area contributed by atoms with Crippen molar-refractivity contribution in [1.82, 2.24) is 10.2 Å². The number of carbonyl (C=O) groups is 4. The fraction of sp³-hybridized carbons (Fsp3) is 0.381. The molecule has 11 nitrogen and oxygen atoms in total. The number of esters is 1. The number of aryl methyl sites for hydroxylation is 2. The lowest BCUT2D eigenvalue weighted by Gasteiger charge is -2.39. The van der Waals surface area contributed by atoms with Crippen LogP contribution in [0.3, 0.4) is 0 Å². The van der Waals surface area contributed by atoms with Gasteiger partial charge in [-0.2, -0.15) is 0 Å². The van der Waals surface area contributed by atoms with Crippen molar-refractivity contribution in [2.75, 3.05) is 31.8 Å². The SMILES string of the molecule is COC[C@@H]1NC(=O)CC/C=C\[C@@H]2O[C@@]34C=CCN(c5c(C)cccc5C)C(=O)[C@@H]3N([C@H](CO)c3ccccc3)C(=O)[C@H]4[C@@H]2C(=O)O[C@H]1c1ccccc1. The topological polar surface area (TPSA) is 135 Å².